The highest BCUT2D eigenvalue weighted by Gasteiger charge is 2.31. The summed E-state index contributed by atoms with van der Waals surface area (Å²) in [4.78, 5) is 3.34. The van der Waals surface area contributed by atoms with E-state index in [2.05, 4.69) is 26.2 Å². The van der Waals surface area contributed by atoms with Crippen LogP contribution in [0.1, 0.15) is 11.3 Å². The maximum atomic E-state index is 12.3. The minimum absolute atomic E-state index is 0.0971. The van der Waals surface area contributed by atoms with Crippen molar-refractivity contribution in [3.8, 4) is 5.75 Å². The Morgan fingerprint density at radius 2 is 1.95 bits per heavy atom. The fraction of sp³-hybridized carbons (Fsp3) is 0.154. The number of hydrogen-bond donors (Lipinski definition) is 2. The van der Waals surface area contributed by atoms with E-state index < -0.39 is 11.9 Å². The number of aromatic hydroxyl groups is 1. The molecule has 0 saturated heterocycles. The van der Waals surface area contributed by atoms with E-state index in [0.717, 1.165) is 12.3 Å². The maximum absolute atomic E-state index is 12.3. The van der Waals surface area contributed by atoms with Crippen LogP contribution in [0.3, 0.4) is 0 Å². The quantitative estimate of drug-likeness (QED) is 0.876. The minimum Gasteiger partial charge on any atom is -0.506 e. The summed E-state index contributed by atoms with van der Waals surface area (Å²) in [6.45, 7) is 0.276. The zero-order chi connectivity index (χ0) is 14.8. The summed E-state index contributed by atoms with van der Waals surface area (Å²) in [7, 11) is 0. The summed E-state index contributed by atoms with van der Waals surface area (Å²) in [5.41, 5.74) is 0.130. The molecule has 106 valence electrons. The zero-order valence-electron chi connectivity index (χ0n) is 10.1. The third-order valence-electron chi connectivity index (χ3n) is 2.61. The molecule has 2 aromatic rings. The van der Waals surface area contributed by atoms with Gasteiger partial charge in [0.2, 0.25) is 0 Å². The van der Waals surface area contributed by atoms with Crippen LogP contribution in [0.4, 0.5) is 18.9 Å². The van der Waals surface area contributed by atoms with Gasteiger partial charge in [0, 0.05) is 12.1 Å². The van der Waals surface area contributed by atoms with Crippen molar-refractivity contribution in [3.05, 3.63) is 52.3 Å². The number of phenolic OH excluding ortho intramolecular Hbond substituents is 1. The molecule has 7 heteroatoms. The Balaban J connectivity index is 2.06. The molecule has 1 aromatic heterocycles. The molecule has 0 spiro atoms. The van der Waals surface area contributed by atoms with Gasteiger partial charge >= 0.3 is 6.18 Å². The van der Waals surface area contributed by atoms with Gasteiger partial charge < -0.3 is 10.4 Å². The number of phenols is 1. The summed E-state index contributed by atoms with van der Waals surface area (Å²) in [6.07, 6.45) is -3.33. The van der Waals surface area contributed by atoms with Crippen LogP contribution in [0.5, 0.6) is 5.75 Å². The topological polar surface area (TPSA) is 45.1 Å². The number of nitrogens with zero attached hydrogens (tertiary/aromatic N) is 1. The highest BCUT2D eigenvalue weighted by molar-refractivity contribution is 9.10. The van der Waals surface area contributed by atoms with Crippen LogP contribution in [0, 0.1) is 0 Å². The van der Waals surface area contributed by atoms with Crippen LogP contribution in [0.15, 0.2) is 41.0 Å². The van der Waals surface area contributed by atoms with Crippen LogP contribution in [0.2, 0.25) is 0 Å². The van der Waals surface area contributed by atoms with Gasteiger partial charge in [-0.05, 0) is 34.1 Å². The second-order valence-electron chi connectivity index (χ2n) is 4.03. The van der Waals surface area contributed by atoms with E-state index in [1.54, 1.807) is 18.2 Å². The minimum atomic E-state index is -4.44. The van der Waals surface area contributed by atoms with Crippen molar-refractivity contribution in [2.45, 2.75) is 12.7 Å². The summed E-state index contributed by atoms with van der Waals surface area (Å²) in [5, 5.41) is 12.7. The van der Waals surface area contributed by atoms with E-state index in [4.69, 9.17) is 0 Å². The zero-order valence-corrected chi connectivity index (χ0v) is 11.7. The largest absolute Gasteiger partial charge is 0.506 e. The van der Waals surface area contributed by atoms with E-state index in [9.17, 15) is 18.3 Å². The Morgan fingerprint density at radius 1 is 1.20 bits per heavy atom. The first-order chi connectivity index (χ1) is 9.38. The first-order valence-electron chi connectivity index (χ1n) is 5.61. The molecule has 0 amide bonds. The van der Waals surface area contributed by atoms with Crippen LogP contribution in [0.25, 0.3) is 0 Å². The first kappa shape index (κ1) is 14.6. The summed E-state index contributed by atoms with van der Waals surface area (Å²) >= 11 is 3.19. The smallest absolute Gasteiger partial charge is 0.433 e. The lowest BCUT2D eigenvalue weighted by molar-refractivity contribution is -0.141. The highest BCUT2D eigenvalue weighted by atomic mass is 79.9. The van der Waals surface area contributed by atoms with Gasteiger partial charge in [-0.2, -0.15) is 13.2 Å². The van der Waals surface area contributed by atoms with Crippen molar-refractivity contribution in [2.24, 2.45) is 0 Å². The Morgan fingerprint density at radius 3 is 2.55 bits per heavy atom. The average molecular weight is 347 g/mol. The van der Waals surface area contributed by atoms with Gasteiger partial charge in [-0.1, -0.05) is 12.1 Å². The fourth-order valence-corrected chi connectivity index (χ4v) is 1.97. The molecule has 0 fully saturated rings. The molecule has 0 unspecified atom stereocenters. The summed E-state index contributed by atoms with van der Waals surface area (Å²) in [6, 6.07) is 7.36. The number of aromatic nitrogens is 1. The van der Waals surface area contributed by atoms with E-state index >= 15 is 0 Å². The maximum Gasteiger partial charge on any atom is 0.433 e. The molecular weight excluding hydrogens is 337 g/mol. The van der Waals surface area contributed by atoms with E-state index in [1.165, 1.54) is 6.07 Å². The molecule has 0 saturated carbocycles. The Kier molecular flexibility index (Phi) is 4.17. The predicted molar refractivity (Wildman–Crippen MR) is 72.4 cm³/mol. The van der Waals surface area contributed by atoms with Crippen molar-refractivity contribution in [3.63, 3.8) is 0 Å². The standard InChI is InChI=1S/C13H10BrF3N2O/c14-10-3-1-2-8(12(10)20)6-18-9-4-5-11(19-7-9)13(15,16)17/h1-5,7,18,20H,6H2. The molecular formula is C13H10BrF3N2O. The number of anilines is 1. The SMILES string of the molecule is Oc1c(Br)cccc1CNc1ccc(C(F)(F)F)nc1. The monoisotopic (exact) mass is 346 g/mol. The molecule has 1 heterocycles. The van der Waals surface area contributed by atoms with Gasteiger partial charge in [-0.3, -0.25) is 0 Å². The second kappa shape index (κ2) is 5.70. The number of pyridine rings is 1. The normalized spacial score (nSPS) is 11.4. The lowest BCUT2D eigenvalue weighted by Gasteiger charge is -2.10. The van der Waals surface area contributed by atoms with Gasteiger partial charge in [0.25, 0.3) is 0 Å². The number of halogens is 4. The van der Waals surface area contributed by atoms with E-state index in [0.29, 0.717) is 15.7 Å². The molecule has 0 atom stereocenters. The van der Waals surface area contributed by atoms with E-state index in [1.807, 2.05) is 0 Å². The van der Waals surface area contributed by atoms with Gasteiger partial charge in [0.15, 0.2) is 0 Å². The highest BCUT2D eigenvalue weighted by Crippen LogP contribution is 2.29. The first-order valence-corrected chi connectivity index (χ1v) is 6.40. The number of alkyl halides is 3. The average Bonchev–Trinajstić information content (AvgIpc) is 2.40. The number of rotatable bonds is 3. The summed E-state index contributed by atoms with van der Waals surface area (Å²) < 4.78 is 37.6. The van der Waals surface area contributed by atoms with Crippen LogP contribution >= 0.6 is 15.9 Å². The van der Waals surface area contributed by atoms with Crippen molar-refractivity contribution >= 4 is 21.6 Å². The molecule has 0 radical (unpaired) electrons. The lowest BCUT2D eigenvalue weighted by Crippen LogP contribution is -2.08. The van der Waals surface area contributed by atoms with Crippen molar-refractivity contribution in [1.29, 1.82) is 0 Å². The number of para-hydroxylation sites is 1. The number of benzene rings is 1. The van der Waals surface area contributed by atoms with Crippen LogP contribution in [-0.4, -0.2) is 10.1 Å². The number of nitrogens with one attached hydrogen (secondary N) is 1. The molecule has 1 aromatic carbocycles. The van der Waals surface area contributed by atoms with Gasteiger partial charge in [-0.25, -0.2) is 4.98 Å². The molecule has 3 nitrogen and oxygen atoms in total. The predicted octanol–water partition coefficient (Wildman–Crippen LogP) is 4.18. The molecule has 0 aliphatic rings. The molecule has 2 rings (SSSR count). The van der Waals surface area contributed by atoms with Crippen molar-refractivity contribution in [2.75, 3.05) is 5.32 Å². The molecule has 0 bridgehead atoms. The third-order valence-corrected chi connectivity index (χ3v) is 3.25. The molecule has 0 aliphatic heterocycles. The van der Waals surface area contributed by atoms with Gasteiger partial charge in [0.1, 0.15) is 11.4 Å². The van der Waals surface area contributed by atoms with Gasteiger partial charge in [-0.15, -0.1) is 0 Å². The Labute approximate surface area is 121 Å². The molecule has 20 heavy (non-hydrogen) atoms. The van der Waals surface area contributed by atoms with Crippen LogP contribution in [-0.2, 0) is 12.7 Å². The summed E-state index contributed by atoms with van der Waals surface area (Å²) in [5.74, 6) is 0.0971. The Bertz CT molecular complexity index is 600. The van der Waals surface area contributed by atoms with Crippen molar-refractivity contribution in [1.82, 2.24) is 4.98 Å². The molecule has 0 aliphatic carbocycles. The lowest BCUT2D eigenvalue weighted by atomic mass is 10.2. The second-order valence-corrected chi connectivity index (χ2v) is 4.89. The third kappa shape index (κ3) is 3.41. The van der Waals surface area contributed by atoms with Crippen LogP contribution < -0.4 is 5.32 Å². The fourth-order valence-electron chi connectivity index (χ4n) is 1.57. The number of hydrogen-bond acceptors (Lipinski definition) is 3. The molecule has 2 N–H and O–H groups in total. The Hall–Kier alpha value is -1.76. The van der Waals surface area contributed by atoms with Gasteiger partial charge in [0.05, 0.1) is 16.4 Å². The van der Waals surface area contributed by atoms with E-state index in [-0.39, 0.29) is 12.3 Å². The van der Waals surface area contributed by atoms with Crippen molar-refractivity contribution < 1.29 is 18.3 Å².